The first-order valence-electron chi connectivity index (χ1n) is 6.36. The zero-order valence-electron chi connectivity index (χ0n) is 10.8. The number of rotatable bonds is 1. The number of pyridine rings is 2. The minimum Gasteiger partial charge on any atom is -0.267 e. The molecule has 2 aromatic heterocycles. The summed E-state index contributed by atoms with van der Waals surface area (Å²) in [6.45, 7) is 0. The van der Waals surface area contributed by atoms with Crippen LogP contribution < -0.4 is 4.90 Å². The van der Waals surface area contributed by atoms with Crippen molar-refractivity contribution in [1.29, 1.82) is 0 Å². The summed E-state index contributed by atoms with van der Waals surface area (Å²) in [7, 11) is 0. The van der Waals surface area contributed by atoms with Crippen molar-refractivity contribution in [2.45, 2.75) is 0 Å². The lowest BCUT2D eigenvalue weighted by Crippen LogP contribution is -2.31. The summed E-state index contributed by atoms with van der Waals surface area (Å²) in [5.74, 6) is 1.50. The molecule has 2 aromatic rings. The zero-order chi connectivity index (χ0) is 14.4. The van der Waals surface area contributed by atoms with E-state index >= 15 is 0 Å². The van der Waals surface area contributed by atoms with E-state index < -0.39 is 0 Å². The number of hydrogen-bond donors (Lipinski definition) is 0. The quantitative estimate of drug-likeness (QED) is 0.752. The molecule has 2 aliphatic heterocycles. The lowest BCUT2D eigenvalue weighted by Gasteiger charge is -2.13. The molecule has 0 radical (unpaired) electrons. The SMILES string of the molecule is O=C1C2=C(SCCS2)C(=O)N1c1ccc2cccnc2n1. The molecule has 0 saturated carbocycles. The first-order valence-corrected chi connectivity index (χ1v) is 8.33. The van der Waals surface area contributed by atoms with Gasteiger partial charge in [0.05, 0.1) is 9.81 Å². The lowest BCUT2D eigenvalue weighted by atomic mass is 10.3. The second-order valence-electron chi connectivity index (χ2n) is 4.52. The highest BCUT2D eigenvalue weighted by atomic mass is 32.2. The summed E-state index contributed by atoms with van der Waals surface area (Å²) in [6.07, 6.45) is 1.64. The highest BCUT2D eigenvalue weighted by Crippen LogP contribution is 2.41. The molecular formula is C14H9N3O2S2. The minimum atomic E-state index is -0.269. The van der Waals surface area contributed by atoms with E-state index in [4.69, 9.17) is 0 Å². The van der Waals surface area contributed by atoms with Crippen LogP contribution in [0, 0.1) is 0 Å². The summed E-state index contributed by atoms with van der Waals surface area (Å²) >= 11 is 2.90. The Hall–Kier alpha value is -1.86. The average Bonchev–Trinajstić information content (AvgIpc) is 2.79. The molecular weight excluding hydrogens is 306 g/mol. The Kier molecular flexibility index (Phi) is 2.97. The van der Waals surface area contributed by atoms with Gasteiger partial charge in [-0.2, -0.15) is 0 Å². The molecule has 0 fully saturated rings. The number of imide groups is 1. The fourth-order valence-corrected chi connectivity index (χ4v) is 4.60. The van der Waals surface area contributed by atoms with E-state index in [2.05, 4.69) is 9.97 Å². The summed E-state index contributed by atoms with van der Waals surface area (Å²) < 4.78 is 0. The molecule has 0 atom stereocenters. The number of amides is 2. The summed E-state index contributed by atoms with van der Waals surface area (Å²) in [4.78, 5) is 35.7. The predicted molar refractivity (Wildman–Crippen MR) is 84.0 cm³/mol. The fraction of sp³-hybridized carbons (Fsp3) is 0.143. The van der Waals surface area contributed by atoms with Gasteiger partial charge in [0.2, 0.25) is 0 Å². The molecule has 0 saturated heterocycles. The van der Waals surface area contributed by atoms with Crippen LogP contribution >= 0.6 is 23.5 Å². The number of nitrogens with zero attached hydrogens (tertiary/aromatic N) is 3. The maximum Gasteiger partial charge on any atom is 0.274 e. The number of carbonyl (C=O) groups is 2. The lowest BCUT2D eigenvalue weighted by molar-refractivity contribution is -0.120. The topological polar surface area (TPSA) is 63.2 Å². The van der Waals surface area contributed by atoms with Gasteiger partial charge in [0.1, 0.15) is 5.82 Å². The van der Waals surface area contributed by atoms with Gasteiger partial charge in [-0.25, -0.2) is 14.9 Å². The number of aromatic nitrogens is 2. The van der Waals surface area contributed by atoms with Crippen molar-refractivity contribution in [3.8, 4) is 0 Å². The fourth-order valence-electron chi connectivity index (χ4n) is 2.31. The Bertz CT molecular complexity index is 791. The summed E-state index contributed by atoms with van der Waals surface area (Å²) in [6, 6.07) is 7.22. The van der Waals surface area contributed by atoms with Crippen LogP contribution in [-0.4, -0.2) is 33.3 Å². The molecule has 2 amide bonds. The molecule has 7 heteroatoms. The Balaban J connectivity index is 1.79. The van der Waals surface area contributed by atoms with E-state index in [1.165, 1.54) is 23.5 Å². The Labute approximate surface area is 128 Å². The van der Waals surface area contributed by atoms with Crippen molar-refractivity contribution in [3.05, 3.63) is 40.3 Å². The van der Waals surface area contributed by atoms with E-state index in [1.807, 2.05) is 18.2 Å². The first-order chi connectivity index (χ1) is 10.3. The predicted octanol–water partition coefficient (Wildman–Crippen LogP) is 2.19. The normalized spacial score (nSPS) is 18.6. The average molecular weight is 315 g/mol. The van der Waals surface area contributed by atoms with Crippen molar-refractivity contribution in [1.82, 2.24) is 9.97 Å². The third-order valence-corrected chi connectivity index (χ3v) is 5.79. The monoisotopic (exact) mass is 315 g/mol. The van der Waals surface area contributed by atoms with Gasteiger partial charge in [-0.1, -0.05) is 0 Å². The van der Waals surface area contributed by atoms with Gasteiger partial charge in [-0.3, -0.25) is 9.59 Å². The van der Waals surface area contributed by atoms with Gasteiger partial charge < -0.3 is 0 Å². The Morgan fingerprint density at radius 2 is 1.71 bits per heavy atom. The van der Waals surface area contributed by atoms with Crippen molar-refractivity contribution < 1.29 is 9.59 Å². The molecule has 0 aromatic carbocycles. The Morgan fingerprint density at radius 3 is 2.43 bits per heavy atom. The maximum atomic E-state index is 12.4. The van der Waals surface area contributed by atoms with Gasteiger partial charge >= 0.3 is 0 Å². The van der Waals surface area contributed by atoms with Crippen molar-refractivity contribution >= 4 is 52.2 Å². The molecule has 5 nitrogen and oxygen atoms in total. The molecule has 4 rings (SSSR count). The number of thioether (sulfide) groups is 2. The van der Waals surface area contributed by atoms with Crippen LogP contribution in [0.15, 0.2) is 40.3 Å². The molecule has 4 heterocycles. The van der Waals surface area contributed by atoms with Crippen molar-refractivity contribution in [2.75, 3.05) is 16.4 Å². The van der Waals surface area contributed by atoms with Gasteiger partial charge in [0, 0.05) is 23.1 Å². The van der Waals surface area contributed by atoms with Crippen LogP contribution in [0.25, 0.3) is 11.0 Å². The van der Waals surface area contributed by atoms with E-state index in [0.717, 1.165) is 21.8 Å². The second kappa shape index (κ2) is 4.85. The first kappa shape index (κ1) is 12.8. The van der Waals surface area contributed by atoms with Crippen LogP contribution in [0.2, 0.25) is 0 Å². The standard InChI is InChI=1S/C14H9N3O2S2/c18-13-10-11(21-7-6-20-10)14(19)17(13)9-4-3-8-2-1-5-15-12(8)16-9/h1-5H,6-7H2. The molecule has 2 aliphatic rings. The van der Waals surface area contributed by atoms with Gasteiger partial charge in [0.15, 0.2) is 5.65 Å². The Morgan fingerprint density at radius 1 is 1.00 bits per heavy atom. The smallest absolute Gasteiger partial charge is 0.267 e. The van der Waals surface area contributed by atoms with E-state index in [0.29, 0.717) is 21.3 Å². The molecule has 0 spiro atoms. The van der Waals surface area contributed by atoms with Crippen LogP contribution in [0.5, 0.6) is 0 Å². The molecule has 21 heavy (non-hydrogen) atoms. The van der Waals surface area contributed by atoms with Crippen LogP contribution in [0.4, 0.5) is 5.82 Å². The van der Waals surface area contributed by atoms with Crippen LogP contribution in [-0.2, 0) is 9.59 Å². The number of anilines is 1. The highest BCUT2D eigenvalue weighted by Gasteiger charge is 2.41. The van der Waals surface area contributed by atoms with Crippen LogP contribution in [0.3, 0.4) is 0 Å². The molecule has 104 valence electrons. The highest BCUT2D eigenvalue weighted by molar-refractivity contribution is 8.11. The molecule has 0 aliphatic carbocycles. The maximum absolute atomic E-state index is 12.4. The second-order valence-corrected chi connectivity index (χ2v) is 6.73. The van der Waals surface area contributed by atoms with Gasteiger partial charge in [-0.05, 0) is 24.3 Å². The summed E-state index contributed by atoms with van der Waals surface area (Å²) in [5.41, 5.74) is 0.528. The minimum absolute atomic E-state index is 0.269. The number of fused-ring (bicyclic) bond motifs is 1. The van der Waals surface area contributed by atoms with Crippen molar-refractivity contribution in [2.24, 2.45) is 0 Å². The van der Waals surface area contributed by atoms with E-state index in [9.17, 15) is 9.59 Å². The third-order valence-electron chi connectivity index (χ3n) is 3.26. The van der Waals surface area contributed by atoms with Gasteiger partial charge in [-0.15, -0.1) is 23.5 Å². The largest absolute Gasteiger partial charge is 0.274 e. The number of hydrogen-bond acceptors (Lipinski definition) is 6. The number of carbonyl (C=O) groups excluding carboxylic acids is 2. The van der Waals surface area contributed by atoms with Crippen molar-refractivity contribution in [3.63, 3.8) is 0 Å². The zero-order valence-corrected chi connectivity index (χ0v) is 12.4. The molecule has 0 N–H and O–H groups in total. The van der Waals surface area contributed by atoms with Gasteiger partial charge in [0.25, 0.3) is 11.8 Å². The molecule has 0 unspecified atom stereocenters. The van der Waals surface area contributed by atoms with Crippen LogP contribution in [0.1, 0.15) is 0 Å². The molecule has 0 bridgehead atoms. The summed E-state index contributed by atoms with van der Waals surface area (Å²) in [5, 5.41) is 0.877. The van der Waals surface area contributed by atoms with E-state index in [-0.39, 0.29) is 11.8 Å². The van der Waals surface area contributed by atoms with E-state index in [1.54, 1.807) is 12.3 Å². The third kappa shape index (κ3) is 1.96.